The standard InChI is InChI=1S/C13H10ClNO4S/c14-20(17,18)15-13(16)19-12-9-5-4-8-11(12)10-6-2-1-3-7-10/h1-9H,(H,15,16). The van der Waals surface area contributed by atoms with E-state index in [1.54, 1.807) is 24.3 Å². The maximum atomic E-state index is 11.4. The fourth-order valence-corrected chi connectivity index (χ4v) is 2.06. The van der Waals surface area contributed by atoms with Crippen LogP contribution in [0.15, 0.2) is 54.6 Å². The van der Waals surface area contributed by atoms with Gasteiger partial charge in [0, 0.05) is 16.2 Å². The van der Waals surface area contributed by atoms with Crippen molar-refractivity contribution in [1.82, 2.24) is 4.72 Å². The topological polar surface area (TPSA) is 72.5 Å². The maximum absolute atomic E-state index is 11.4. The van der Waals surface area contributed by atoms with E-state index in [2.05, 4.69) is 0 Å². The van der Waals surface area contributed by atoms with E-state index >= 15 is 0 Å². The minimum atomic E-state index is -4.17. The molecule has 2 aromatic carbocycles. The molecule has 20 heavy (non-hydrogen) atoms. The van der Waals surface area contributed by atoms with Crippen molar-refractivity contribution in [2.24, 2.45) is 0 Å². The molecule has 0 bridgehead atoms. The highest BCUT2D eigenvalue weighted by Gasteiger charge is 2.14. The number of carbonyl (C=O) groups is 1. The highest BCUT2D eigenvalue weighted by molar-refractivity contribution is 8.12. The molecular formula is C13H10ClNO4S. The fourth-order valence-electron chi connectivity index (χ4n) is 1.63. The molecule has 1 amide bonds. The van der Waals surface area contributed by atoms with Gasteiger partial charge in [0.25, 0.3) is 0 Å². The molecule has 0 fully saturated rings. The Morgan fingerprint density at radius 3 is 2.25 bits per heavy atom. The lowest BCUT2D eigenvalue weighted by atomic mass is 10.1. The van der Waals surface area contributed by atoms with Gasteiger partial charge in [-0.15, -0.1) is 0 Å². The number of rotatable bonds is 3. The molecule has 2 aromatic rings. The van der Waals surface area contributed by atoms with E-state index in [0.29, 0.717) is 5.56 Å². The van der Waals surface area contributed by atoms with Gasteiger partial charge in [-0.3, -0.25) is 0 Å². The zero-order chi connectivity index (χ0) is 14.6. The summed E-state index contributed by atoms with van der Waals surface area (Å²) in [6, 6.07) is 16.0. The number of hydrogen-bond acceptors (Lipinski definition) is 4. The minimum Gasteiger partial charge on any atom is -0.409 e. The predicted molar refractivity (Wildman–Crippen MR) is 75.8 cm³/mol. The molecule has 0 radical (unpaired) electrons. The van der Waals surface area contributed by atoms with Gasteiger partial charge in [0.15, 0.2) is 0 Å². The van der Waals surface area contributed by atoms with Crippen LogP contribution in [0.4, 0.5) is 4.79 Å². The zero-order valence-corrected chi connectivity index (χ0v) is 11.7. The van der Waals surface area contributed by atoms with E-state index in [1.165, 1.54) is 4.72 Å². The average molecular weight is 312 g/mol. The molecule has 0 saturated carbocycles. The summed E-state index contributed by atoms with van der Waals surface area (Å²) in [6.45, 7) is 0. The fraction of sp³-hybridized carbons (Fsp3) is 0. The van der Waals surface area contributed by atoms with Crippen molar-refractivity contribution < 1.29 is 17.9 Å². The van der Waals surface area contributed by atoms with Gasteiger partial charge in [-0.05, 0) is 11.6 Å². The van der Waals surface area contributed by atoms with Crippen LogP contribution < -0.4 is 9.46 Å². The first-order chi connectivity index (χ1) is 9.46. The summed E-state index contributed by atoms with van der Waals surface area (Å²) < 4.78 is 28.0. The van der Waals surface area contributed by atoms with Gasteiger partial charge in [0.1, 0.15) is 5.75 Å². The first-order valence-electron chi connectivity index (χ1n) is 5.54. The lowest BCUT2D eigenvalue weighted by molar-refractivity contribution is 0.207. The van der Waals surface area contributed by atoms with Crippen molar-refractivity contribution in [3.63, 3.8) is 0 Å². The molecule has 0 unspecified atom stereocenters. The first-order valence-corrected chi connectivity index (χ1v) is 7.85. The Balaban J connectivity index is 2.28. The van der Waals surface area contributed by atoms with Crippen LogP contribution in [0.1, 0.15) is 0 Å². The Kier molecular flexibility index (Phi) is 4.26. The Morgan fingerprint density at radius 1 is 1.00 bits per heavy atom. The molecule has 0 aliphatic carbocycles. The van der Waals surface area contributed by atoms with Crippen LogP contribution in [0.2, 0.25) is 0 Å². The Morgan fingerprint density at radius 2 is 1.60 bits per heavy atom. The third-order valence-corrected chi connectivity index (χ3v) is 3.02. The second kappa shape index (κ2) is 5.94. The van der Waals surface area contributed by atoms with Gasteiger partial charge in [-0.1, -0.05) is 48.5 Å². The van der Waals surface area contributed by atoms with Gasteiger partial charge in [-0.25, -0.2) is 9.52 Å². The molecule has 0 aliphatic heterocycles. The molecule has 2 rings (SSSR count). The lowest BCUT2D eigenvalue weighted by Gasteiger charge is -2.09. The lowest BCUT2D eigenvalue weighted by Crippen LogP contribution is -2.29. The average Bonchev–Trinajstić information content (AvgIpc) is 2.38. The molecule has 0 heterocycles. The number of amides is 1. The van der Waals surface area contributed by atoms with E-state index in [1.807, 2.05) is 30.3 Å². The zero-order valence-electron chi connectivity index (χ0n) is 10.1. The van der Waals surface area contributed by atoms with Crippen molar-refractivity contribution in [2.75, 3.05) is 0 Å². The Bertz CT molecular complexity index is 716. The Hall–Kier alpha value is -2.05. The minimum absolute atomic E-state index is 0.233. The summed E-state index contributed by atoms with van der Waals surface area (Å²) in [7, 11) is 0.738. The van der Waals surface area contributed by atoms with Gasteiger partial charge >= 0.3 is 15.3 Å². The number of carbonyl (C=O) groups excluding carboxylic acids is 1. The third kappa shape index (κ3) is 3.97. The van der Waals surface area contributed by atoms with Gasteiger partial charge in [-0.2, -0.15) is 8.42 Å². The highest BCUT2D eigenvalue weighted by atomic mass is 35.7. The van der Waals surface area contributed by atoms with E-state index in [9.17, 15) is 13.2 Å². The third-order valence-electron chi connectivity index (χ3n) is 2.38. The molecule has 5 nitrogen and oxygen atoms in total. The number of hydrogen-bond donors (Lipinski definition) is 1. The van der Waals surface area contributed by atoms with E-state index in [0.717, 1.165) is 5.56 Å². The number of ether oxygens (including phenoxy) is 1. The summed E-state index contributed by atoms with van der Waals surface area (Å²) in [6.07, 6.45) is -1.16. The van der Waals surface area contributed by atoms with Crippen LogP contribution in [0, 0.1) is 0 Å². The number of para-hydroxylation sites is 1. The van der Waals surface area contributed by atoms with E-state index < -0.39 is 15.3 Å². The van der Waals surface area contributed by atoms with Crippen molar-refractivity contribution >= 4 is 26.0 Å². The molecule has 0 spiro atoms. The summed E-state index contributed by atoms with van der Waals surface area (Å²) in [5, 5.41) is 0. The normalized spacial score (nSPS) is 10.8. The summed E-state index contributed by atoms with van der Waals surface area (Å²) >= 11 is 0. The van der Waals surface area contributed by atoms with Crippen molar-refractivity contribution in [2.45, 2.75) is 0 Å². The second-order valence-electron chi connectivity index (χ2n) is 3.79. The predicted octanol–water partition coefficient (Wildman–Crippen LogP) is 2.93. The molecule has 0 aromatic heterocycles. The van der Waals surface area contributed by atoms with Crippen LogP contribution in [-0.4, -0.2) is 14.5 Å². The molecule has 0 saturated heterocycles. The van der Waals surface area contributed by atoms with Crippen LogP contribution in [0.5, 0.6) is 5.75 Å². The SMILES string of the molecule is O=C(NS(=O)(=O)Cl)Oc1ccccc1-c1ccccc1. The highest BCUT2D eigenvalue weighted by Crippen LogP contribution is 2.29. The number of halogens is 1. The van der Waals surface area contributed by atoms with Crippen molar-refractivity contribution in [3.8, 4) is 16.9 Å². The van der Waals surface area contributed by atoms with Crippen LogP contribution in [-0.2, 0) is 9.24 Å². The largest absolute Gasteiger partial charge is 0.427 e. The summed E-state index contributed by atoms with van der Waals surface area (Å²) in [4.78, 5) is 11.4. The molecular weight excluding hydrogens is 302 g/mol. The van der Waals surface area contributed by atoms with Crippen LogP contribution in [0.25, 0.3) is 11.1 Å². The second-order valence-corrected chi connectivity index (χ2v) is 6.09. The molecule has 0 aliphatic rings. The maximum Gasteiger partial charge on any atom is 0.427 e. The number of nitrogens with one attached hydrogen (secondary N) is 1. The van der Waals surface area contributed by atoms with Gasteiger partial charge < -0.3 is 4.74 Å². The van der Waals surface area contributed by atoms with E-state index in [4.69, 9.17) is 15.4 Å². The summed E-state index contributed by atoms with van der Waals surface area (Å²) in [5.41, 5.74) is 1.50. The smallest absolute Gasteiger partial charge is 0.409 e. The molecule has 1 N–H and O–H groups in total. The summed E-state index contributed by atoms with van der Waals surface area (Å²) in [5.74, 6) is 0.233. The van der Waals surface area contributed by atoms with Gasteiger partial charge in [0.2, 0.25) is 0 Å². The van der Waals surface area contributed by atoms with Crippen molar-refractivity contribution in [1.29, 1.82) is 0 Å². The van der Waals surface area contributed by atoms with Crippen LogP contribution in [0.3, 0.4) is 0 Å². The molecule has 7 heteroatoms. The first kappa shape index (κ1) is 14.4. The molecule has 104 valence electrons. The monoisotopic (exact) mass is 311 g/mol. The number of benzene rings is 2. The van der Waals surface area contributed by atoms with Crippen molar-refractivity contribution in [3.05, 3.63) is 54.6 Å². The molecule has 0 atom stereocenters. The van der Waals surface area contributed by atoms with E-state index in [-0.39, 0.29) is 5.75 Å². The quantitative estimate of drug-likeness (QED) is 0.885. The Labute approximate surface area is 120 Å². The van der Waals surface area contributed by atoms with Crippen LogP contribution >= 0.6 is 10.7 Å². The van der Waals surface area contributed by atoms with Gasteiger partial charge in [0.05, 0.1) is 0 Å².